The molecule has 2 heterocycles. The largest absolute Gasteiger partial charge is 0.364 e. The zero-order chi connectivity index (χ0) is 25.8. The number of carbonyl (C=O) groups excluding carboxylic acids is 3. The van der Waals surface area contributed by atoms with Crippen molar-refractivity contribution in [3.63, 3.8) is 0 Å². The van der Waals surface area contributed by atoms with Gasteiger partial charge in [-0.2, -0.15) is 0 Å². The maximum absolute atomic E-state index is 13.3. The summed E-state index contributed by atoms with van der Waals surface area (Å²) < 4.78 is 0. The Morgan fingerprint density at radius 1 is 1.09 bits per heavy atom. The minimum atomic E-state index is -0.832. The van der Waals surface area contributed by atoms with Crippen LogP contribution in [0.2, 0.25) is 10.0 Å². The van der Waals surface area contributed by atoms with E-state index in [9.17, 15) is 14.4 Å². The van der Waals surface area contributed by atoms with Crippen molar-refractivity contribution in [2.75, 3.05) is 9.80 Å². The van der Waals surface area contributed by atoms with Crippen molar-refractivity contribution in [2.24, 2.45) is 0 Å². The molecular weight excluding hydrogens is 485 g/mol. The molecule has 1 atom stereocenters. The highest BCUT2D eigenvalue weighted by Gasteiger charge is 2.39. The molecule has 1 fully saturated rings. The van der Waals surface area contributed by atoms with Gasteiger partial charge >= 0.3 is 6.03 Å². The van der Waals surface area contributed by atoms with Crippen LogP contribution in [-0.2, 0) is 9.59 Å². The fraction of sp³-hybridized carbons (Fsp3) is 0.370. The number of aryl methyl sites for hydroxylation is 1. The normalized spacial score (nSPS) is 21.0. The molecule has 0 spiro atoms. The first-order chi connectivity index (χ1) is 16.3. The number of amides is 4. The molecule has 0 aliphatic carbocycles. The number of carbonyl (C=O) groups is 3. The molecule has 2 aromatic carbocycles. The van der Waals surface area contributed by atoms with Crippen LogP contribution in [-0.4, -0.2) is 29.4 Å². The molecule has 6 nitrogen and oxygen atoms in total. The van der Waals surface area contributed by atoms with Gasteiger partial charge in [-0.15, -0.1) is 0 Å². The Bertz CT molecular complexity index is 1280. The minimum Gasteiger partial charge on any atom is -0.364 e. The molecule has 1 saturated heterocycles. The number of hydrogen-bond acceptors (Lipinski definition) is 4. The number of imide groups is 2. The van der Waals surface area contributed by atoms with Crippen LogP contribution in [0, 0.1) is 6.92 Å². The topological polar surface area (TPSA) is 69.7 Å². The van der Waals surface area contributed by atoms with Crippen LogP contribution in [0.3, 0.4) is 0 Å². The van der Waals surface area contributed by atoms with Crippen LogP contribution in [0.25, 0.3) is 6.08 Å². The standard InChI is InChI=1S/C27H29Cl2N3O3/c1-14(2)32-23-9-15(3)17(10-19(23)16(4)13-27(32,5)6)11-20-24(33)30-26(35)31(25(20)34)18-7-8-21(28)22(29)12-18/h7-12,14,16H,13H2,1-6H3,(H,30,33,35)/b20-11+/t16-/m0/s1. The van der Waals surface area contributed by atoms with E-state index in [1.807, 2.05) is 6.92 Å². The molecule has 2 aliphatic rings. The molecule has 2 aromatic rings. The number of halogens is 2. The van der Waals surface area contributed by atoms with Crippen LogP contribution in [0.5, 0.6) is 0 Å². The van der Waals surface area contributed by atoms with Crippen molar-refractivity contribution < 1.29 is 14.4 Å². The summed E-state index contributed by atoms with van der Waals surface area (Å²) in [5, 5.41) is 2.75. The molecule has 4 amide bonds. The molecule has 35 heavy (non-hydrogen) atoms. The van der Waals surface area contributed by atoms with Gasteiger partial charge in [0.15, 0.2) is 0 Å². The second-order valence-electron chi connectivity index (χ2n) is 10.2. The third kappa shape index (κ3) is 4.45. The van der Waals surface area contributed by atoms with Crippen LogP contribution >= 0.6 is 23.2 Å². The third-order valence-corrected chi connectivity index (χ3v) is 7.48. The van der Waals surface area contributed by atoms with Gasteiger partial charge < -0.3 is 4.90 Å². The molecule has 4 rings (SSSR count). The van der Waals surface area contributed by atoms with E-state index >= 15 is 0 Å². The first-order valence-corrected chi connectivity index (χ1v) is 12.4. The maximum atomic E-state index is 13.3. The summed E-state index contributed by atoms with van der Waals surface area (Å²) in [4.78, 5) is 41.9. The first kappa shape index (κ1) is 25.3. The molecule has 1 N–H and O–H groups in total. The lowest BCUT2D eigenvalue weighted by Gasteiger charge is -2.50. The Morgan fingerprint density at radius 2 is 1.77 bits per heavy atom. The van der Waals surface area contributed by atoms with Crippen molar-refractivity contribution in [1.29, 1.82) is 0 Å². The molecule has 184 valence electrons. The predicted molar refractivity (Wildman–Crippen MR) is 141 cm³/mol. The summed E-state index contributed by atoms with van der Waals surface area (Å²) in [7, 11) is 0. The van der Waals surface area contributed by atoms with E-state index < -0.39 is 17.8 Å². The summed E-state index contributed by atoms with van der Waals surface area (Å²) in [5.41, 5.74) is 4.17. The summed E-state index contributed by atoms with van der Waals surface area (Å²) in [6, 6.07) is 8.10. The molecule has 0 aromatic heterocycles. The summed E-state index contributed by atoms with van der Waals surface area (Å²) in [6.07, 6.45) is 2.55. The van der Waals surface area contributed by atoms with Crippen LogP contribution in [0.4, 0.5) is 16.2 Å². The number of nitrogens with one attached hydrogen (secondary N) is 1. The van der Waals surface area contributed by atoms with E-state index in [1.165, 1.54) is 29.4 Å². The van der Waals surface area contributed by atoms with Crippen molar-refractivity contribution in [2.45, 2.75) is 65.5 Å². The SMILES string of the molecule is Cc1cc2c(cc1/C=C1\C(=O)NC(=O)N(c3ccc(Cl)c(Cl)c3)C1=O)[C@@H](C)CC(C)(C)N2C(C)C. The van der Waals surface area contributed by atoms with Crippen molar-refractivity contribution in [3.05, 3.63) is 62.6 Å². The second-order valence-corrected chi connectivity index (χ2v) is 11.0. The molecule has 0 radical (unpaired) electrons. The molecule has 8 heteroatoms. The number of anilines is 2. The maximum Gasteiger partial charge on any atom is 0.335 e. The van der Waals surface area contributed by atoms with E-state index in [4.69, 9.17) is 23.2 Å². The van der Waals surface area contributed by atoms with E-state index in [0.717, 1.165) is 22.4 Å². The summed E-state index contributed by atoms with van der Waals surface area (Å²) in [5.74, 6) is -1.14. The molecule has 0 saturated carbocycles. The lowest BCUT2D eigenvalue weighted by atomic mass is 9.78. The lowest BCUT2D eigenvalue weighted by molar-refractivity contribution is -0.122. The van der Waals surface area contributed by atoms with Crippen molar-refractivity contribution in [1.82, 2.24) is 5.32 Å². The Morgan fingerprint density at radius 3 is 2.40 bits per heavy atom. The quantitative estimate of drug-likeness (QED) is 0.377. The summed E-state index contributed by atoms with van der Waals surface area (Å²) >= 11 is 12.1. The number of hydrogen-bond donors (Lipinski definition) is 1. The predicted octanol–water partition coefficient (Wildman–Crippen LogP) is 6.47. The lowest BCUT2D eigenvalue weighted by Crippen LogP contribution is -2.54. The van der Waals surface area contributed by atoms with Crippen LogP contribution in [0.15, 0.2) is 35.9 Å². The van der Waals surface area contributed by atoms with Gasteiger partial charge in [0.1, 0.15) is 5.57 Å². The van der Waals surface area contributed by atoms with Gasteiger partial charge in [0.25, 0.3) is 11.8 Å². The monoisotopic (exact) mass is 513 g/mol. The first-order valence-electron chi connectivity index (χ1n) is 11.6. The molecule has 0 unspecified atom stereocenters. The zero-order valence-electron chi connectivity index (χ0n) is 20.7. The van der Waals surface area contributed by atoms with Gasteiger partial charge in [0, 0.05) is 17.3 Å². The van der Waals surface area contributed by atoms with Crippen molar-refractivity contribution >= 4 is 58.5 Å². The number of rotatable bonds is 3. The second kappa shape index (κ2) is 8.99. The van der Waals surface area contributed by atoms with Gasteiger partial charge in [-0.05, 0) is 100 Å². The highest BCUT2D eigenvalue weighted by Crippen LogP contribution is 2.45. The summed E-state index contributed by atoms with van der Waals surface area (Å²) in [6.45, 7) is 13.1. The fourth-order valence-electron chi connectivity index (χ4n) is 5.42. The van der Waals surface area contributed by atoms with Gasteiger partial charge in [-0.25, -0.2) is 9.69 Å². The van der Waals surface area contributed by atoms with Gasteiger partial charge in [-0.1, -0.05) is 30.1 Å². The zero-order valence-corrected chi connectivity index (χ0v) is 22.2. The number of fused-ring (bicyclic) bond motifs is 1. The number of barbiturate groups is 1. The van der Waals surface area contributed by atoms with E-state index in [0.29, 0.717) is 17.0 Å². The number of benzene rings is 2. The smallest absolute Gasteiger partial charge is 0.335 e. The van der Waals surface area contributed by atoms with E-state index in [-0.39, 0.29) is 21.8 Å². The van der Waals surface area contributed by atoms with Gasteiger partial charge in [-0.3, -0.25) is 14.9 Å². The Balaban J connectivity index is 1.79. The Hall–Kier alpha value is -2.83. The number of nitrogens with zero attached hydrogens (tertiary/aromatic N) is 2. The average molecular weight is 514 g/mol. The Labute approximate surface area is 215 Å². The highest BCUT2D eigenvalue weighted by atomic mass is 35.5. The third-order valence-electron chi connectivity index (χ3n) is 6.74. The average Bonchev–Trinajstić information content (AvgIpc) is 2.73. The van der Waals surface area contributed by atoms with Gasteiger partial charge in [0.2, 0.25) is 0 Å². The van der Waals surface area contributed by atoms with Gasteiger partial charge in [0.05, 0.1) is 15.7 Å². The van der Waals surface area contributed by atoms with E-state index in [2.05, 4.69) is 57.0 Å². The minimum absolute atomic E-state index is 0.00689. The van der Waals surface area contributed by atoms with Crippen LogP contribution in [0.1, 0.15) is 63.6 Å². The van der Waals surface area contributed by atoms with Crippen molar-refractivity contribution in [3.8, 4) is 0 Å². The Kier molecular flexibility index (Phi) is 6.49. The highest BCUT2D eigenvalue weighted by molar-refractivity contribution is 6.43. The molecule has 0 bridgehead atoms. The fourth-order valence-corrected chi connectivity index (χ4v) is 5.71. The number of urea groups is 1. The molecule has 2 aliphatic heterocycles. The molecular formula is C27H29Cl2N3O3. The van der Waals surface area contributed by atoms with E-state index in [1.54, 1.807) is 6.08 Å². The van der Waals surface area contributed by atoms with Crippen LogP contribution < -0.4 is 15.1 Å².